The summed E-state index contributed by atoms with van der Waals surface area (Å²) in [6.45, 7) is 6.29. The Morgan fingerprint density at radius 1 is 1.23 bits per heavy atom. The highest BCUT2D eigenvalue weighted by Gasteiger charge is 2.23. The lowest BCUT2D eigenvalue weighted by Gasteiger charge is -2.39. The predicted molar refractivity (Wildman–Crippen MR) is 96.9 cm³/mol. The van der Waals surface area contributed by atoms with E-state index >= 15 is 0 Å². The van der Waals surface area contributed by atoms with Gasteiger partial charge in [0.1, 0.15) is 4.32 Å². The monoisotopic (exact) mass is 340 g/mol. The maximum absolute atomic E-state index is 5.43. The van der Waals surface area contributed by atoms with Crippen molar-refractivity contribution in [2.45, 2.75) is 26.3 Å². The van der Waals surface area contributed by atoms with E-state index in [-0.39, 0.29) is 0 Å². The second-order valence-corrected chi connectivity index (χ2v) is 7.16. The van der Waals surface area contributed by atoms with E-state index in [0.717, 1.165) is 41.3 Å². The van der Waals surface area contributed by atoms with Gasteiger partial charge >= 0.3 is 0 Å². The van der Waals surface area contributed by atoms with Crippen molar-refractivity contribution in [3.63, 3.8) is 0 Å². The zero-order valence-corrected chi connectivity index (χ0v) is 15.3. The molecule has 122 valence electrons. The number of nitrogens with zero attached hydrogens (tertiary/aromatic N) is 2. The molecule has 1 aromatic rings. The Kier molecular flexibility index (Phi) is 6.35. The summed E-state index contributed by atoms with van der Waals surface area (Å²) in [5.74, 6) is 2.53. The van der Waals surface area contributed by atoms with Crippen LogP contribution in [-0.4, -0.2) is 53.5 Å². The van der Waals surface area contributed by atoms with Crippen LogP contribution in [-0.2, 0) is 6.42 Å². The summed E-state index contributed by atoms with van der Waals surface area (Å²) in [6, 6.07) is 6.57. The van der Waals surface area contributed by atoms with Gasteiger partial charge < -0.3 is 14.4 Å². The molecule has 0 aliphatic carbocycles. The lowest BCUT2D eigenvalue weighted by atomic mass is 10.1. The standard InChI is InChI=1S/C16H24N2O2S2/c1-12(2)18-10-17(11-22-16(18)21)8-7-13-5-6-14(19-3)15(9-13)20-4/h5-6,9,12H,7-8,10-11H2,1-4H3. The first-order valence-corrected chi connectivity index (χ1v) is 8.81. The maximum atomic E-state index is 5.43. The molecule has 0 spiro atoms. The zero-order valence-electron chi connectivity index (χ0n) is 13.7. The predicted octanol–water partition coefficient (Wildman–Crippen LogP) is 3.21. The van der Waals surface area contributed by atoms with Gasteiger partial charge in [0.25, 0.3) is 0 Å². The maximum Gasteiger partial charge on any atom is 0.160 e. The molecule has 0 aromatic heterocycles. The van der Waals surface area contributed by atoms with E-state index in [9.17, 15) is 0 Å². The van der Waals surface area contributed by atoms with Crippen LogP contribution in [0.5, 0.6) is 11.5 Å². The molecule has 0 radical (unpaired) electrons. The molecule has 0 N–H and O–H groups in total. The molecule has 1 aromatic carbocycles. The molecule has 1 saturated heterocycles. The van der Waals surface area contributed by atoms with Gasteiger partial charge in [-0.15, -0.1) is 0 Å². The summed E-state index contributed by atoms with van der Waals surface area (Å²) >= 11 is 7.18. The molecular weight excluding hydrogens is 316 g/mol. The lowest BCUT2D eigenvalue weighted by Crippen LogP contribution is -2.48. The fourth-order valence-corrected chi connectivity index (χ4v) is 3.74. The highest BCUT2D eigenvalue weighted by molar-refractivity contribution is 8.22. The van der Waals surface area contributed by atoms with Crippen molar-refractivity contribution in [2.24, 2.45) is 0 Å². The number of rotatable bonds is 6. The minimum absolute atomic E-state index is 0.448. The van der Waals surface area contributed by atoms with Crippen LogP contribution in [0.25, 0.3) is 0 Å². The molecule has 1 heterocycles. The van der Waals surface area contributed by atoms with Gasteiger partial charge in [0.15, 0.2) is 11.5 Å². The Morgan fingerprint density at radius 2 is 1.95 bits per heavy atom. The number of thioether (sulfide) groups is 1. The van der Waals surface area contributed by atoms with Gasteiger partial charge in [-0.05, 0) is 38.0 Å². The number of hydrogen-bond donors (Lipinski definition) is 0. The minimum atomic E-state index is 0.448. The van der Waals surface area contributed by atoms with Crippen molar-refractivity contribution in [3.8, 4) is 11.5 Å². The van der Waals surface area contributed by atoms with Gasteiger partial charge in [-0.2, -0.15) is 0 Å². The highest BCUT2D eigenvalue weighted by Crippen LogP contribution is 2.28. The van der Waals surface area contributed by atoms with Crippen LogP contribution in [0.2, 0.25) is 0 Å². The topological polar surface area (TPSA) is 24.9 Å². The fourth-order valence-electron chi connectivity index (χ4n) is 2.38. The minimum Gasteiger partial charge on any atom is -0.493 e. The van der Waals surface area contributed by atoms with E-state index in [1.54, 1.807) is 26.0 Å². The van der Waals surface area contributed by atoms with Crippen molar-refractivity contribution in [3.05, 3.63) is 23.8 Å². The molecule has 0 bridgehead atoms. The van der Waals surface area contributed by atoms with E-state index in [4.69, 9.17) is 21.7 Å². The third-order valence-corrected chi connectivity index (χ3v) is 5.31. The molecule has 4 nitrogen and oxygen atoms in total. The summed E-state index contributed by atoms with van der Waals surface area (Å²) in [5.41, 5.74) is 1.26. The van der Waals surface area contributed by atoms with Gasteiger partial charge in [-0.25, -0.2) is 0 Å². The zero-order chi connectivity index (χ0) is 16.1. The fraction of sp³-hybridized carbons (Fsp3) is 0.562. The van der Waals surface area contributed by atoms with Gasteiger partial charge in [0.2, 0.25) is 0 Å². The first-order chi connectivity index (χ1) is 10.5. The molecule has 0 atom stereocenters. The van der Waals surface area contributed by atoms with Crippen LogP contribution in [0.4, 0.5) is 0 Å². The first-order valence-electron chi connectivity index (χ1n) is 7.41. The summed E-state index contributed by atoms with van der Waals surface area (Å²) in [5, 5.41) is 0. The van der Waals surface area contributed by atoms with E-state index in [1.165, 1.54) is 5.56 Å². The van der Waals surface area contributed by atoms with Crippen molar-refractivity contribution in [2.75, 3.05) is 33.3 Å². The van der Waals surface area contributed by atoms with Crippen LogP contribution in [0.3, 0.4) is 0 Å². The number of ether oxygens (including phenoxy) is 2. The number of benzene rings is 1. The summed E-state index contributed by atoms with van der Waals surface area (Å²) in [7, 11) is 3.33. The summed E-state index contributed by atoms with van der Waals surface area (Å²) < 4.78 is 11.7. The smallest absolute Gasteiger partial charge is 0.160 e. The SMILES string of the molecule is COc1ccc(CCN2CSC(=S)N(C(C)C)C2)cc1OC. The van der Waals surface area contributed by atoms with Gasteiger partial charge in [-0.1, -0.05) is 30.0 Å². The van der Waals surface area contributed by atoms with E-state index in [1.807, 2.05) is 6.07 Å². The second kappa shape index (κ2) is 8.04. The Hall–Kier alpha value is -0.980. The normalized spacial score (nSPS) is 16.2. The second-order valence-electron chi connectivity index (χ2n) is 5.58. The third kappa shape index (κ3) is 4.27. The molecule has 1 aliphatic heterocycles. The van der Waals surface area contributed by atoms with Crippen LogP contribution in [0, 0.1) is 0 Å². The highest BCUT2D eigenvalue weighted by atomic mass is 32.2. The van der Waals surface area contributed by atoms with Crippen LogP contribution >= 0.6 is 24.0 Å². The summed E-state index contributed by atoms with van der Waals surface area (Å²) in [4.78, 5) is 4.70. The van der Waals surface area contributed by atoms with Crippen molar-refractivity contribution in [1.82, 2.24) is 9.80 Å². The van der Waals surface area contributed by atoms with E-state index in [0.29, 0.717) is 6.04 Å². The van der Waals surface area contributed by atoms with Crippen LogP contribution in [0.1, 0.15) is 19.4 Å². The Morgan fingerprint density at radius 3 is 2.59 bits per heavy atom. The number of methoxy groups -OCH3 is 2. The van der Waals surface area contributed by atoms with Gasteiger partial charge in [0, 0.05) is 12.6 Å². The number of thiocarbonyl (C=S) groups is 1. The van der Waals surface area contributed by atoms with Crippen LogP contribution in [0.15, 0.2) is 18.2 Å². The van der Waals surface area contributed by atoms with Gasteiger partial charge in [0.05, 0.1) is 26.8 Å². The van der Waals surface area contributed by atoms with Crippen molar-refractivity contribution in [1.29, 1.82) is 0 Å². The Balaban J connectivity index is 1.94. The van der Waals surface area contributed by atoms with Gasteiger partial charge in [-0.3, -0.25) is 4.90 Å². The molecule has 0 unspecified atom stereocenters. The average Bonchev–Trinajstić information content (AvgIpc) is 2.53. The molecule has 22 heavy (non-hydrogen) atoms. The van der Waals surface area contributed by atoms with Crippen LogP contribution < -0.4 is 9.47 Å². The van der Waals surface area contributed by atoms with E-state index in [2.05, 4.69) is 35.8 Å². The van der Waals surface area contributed by atoms with E-state index < -0.39 is 0 Å². The Bertz CT molecular complexity index is 523. The third-order valence-electron chi connectivity index (χ3n) is 3.75. The average molecular weight is 341 g/mol. The first kappa shape index (κ1) is 17.4. The molecule has 1 fully saturated rings. The van der Waals surface area contributed by atoms with Crippen molar-refractivity contribution >= 4 is 28.3 Å². The van der Waals surface area contributed by atoms with Crippen molar-refractivity contribution < 1.29 is 9.47 Å². The molecule has 2 rings (SSSR count). The largest absolute Gasteiger partial charge is 0.493 e. The quantitative estimate of drug-likeness (QED) is 0.738. The summed E-state index contributed by atoms with van der Waals surface area (Å²) in [6.07, 6.45) is 0.986. The molecule has 0 saturated carbocycles. The molecule has 6 heteroatoms. The molecule has 0 amide bonds. The number of hydrogen-bond acceptors (Lipinski definition) is 5. The Labute approximate surface area is 142 Å². The lowest BCUT2D eigenvalue weighted by molar-refractivity contribution is 0.190. The molecule has 1 aliphatic rings. The molecular formula is C16H24N2O2S2.